The Morgan fingerprint density at radius 1 is 1.03 bits per heavy atom. The average molecular weight is 492 g/mol. The first-order valence-corrected chi connectivity index (χ1v) is 12.5. The summed E-state index contributed by atoms with van der Waals surface area (Å²) in [6.45, 7) is 5.35. The van der Waals surface area contributed by atoms with Gasteiger partial charge in [-0.3, -0.25) is 19.0 Å². The lowest BCUT2D eigenvalue weighted by Crippen LogP contribution is -2.29. The molecule has 0 aliphatic carbocycles. The van der Waals surface area contributed by atoms with Gasteiger partial charge in [-0.05, 0) is 19.0 Å². The van der Waals surface area contributed by atoms with Gasteiger partial charge < -0.3 is 15.4 Å². The van der Waals surface area contributed by atoms with E-state index in [1.807, 2.05) is 30.3 Å². The zero-order chi connectivity index (χ0) is 24.9. The van der Waals surface area contributed by atoms with E-state index in [0.29, 0.717) is 38.6 Å². The molecule has 0 aliphatic heterocycles. The highest BCUT2D eigenvalue weighted by Crippen LogP contribution is 2.39. The number of nitrogens with one attached hydrogen (secondary N) is 2. The number of benzene rings is 2. The highest BCUT2D eigenvalue weighted by atomic mass is 32.1. The minimum absolute atomic E-state index is 0.108. The van der Waals surface area contributed by atoms with Crippen LogP contribution in [0.5, 0.6) is 5.75 Å². The highest BCUT2D eigenvalue weighted by molar-refractivity contribution is 7.22. The summed E-state index contributed by atoms with van der Waals surface area (Å²) in [5.41, 5.74) is 0.828. The Kier molecular flexibility index (Phi) is 7.63. The molecule has 0 bridgehead atoms. The van der Waals surface area contributed by atoms with Crippen LogP contribution in [0.2, 0.25) is 0 Å². The summed E-state index contributed by atoms with van der Waals surface area (Å²) >= 11 is 1.24. The Morgan fingerprint density at radius 3 is 2.46 bits per heavy atom. The van der Waals surface area contributed by atoms with E-state index in [-0.39, 0.29) is 29.5 Å². The summed E-state index contributed by atoms with van der Waals surface area (Å²) in [7, 11) is 1.46. The van der Waals surface area contributed by atoms with Gasteiger partial charge in [-0.25, -0.2) is 0 Å². The second kappa shape index (κ2) is 10.8. The number of fused-ring (bicyclic) bond motifs is 3. The molecule has 35 heavy (non-hydrogen) atoms. The van der Waals surface area contributed by atoms with Gasteiger partial charge >= 0.3 is 0 Å². The average Bonchev–Trinajstić information content (AvgIpc) is 3.26. The maximum atomic E-state index is 13.7. The molecule has 0 radical (unpaired) electrons. The van der Waals surface area contributed by atoms with Crippen LogP contribution in [0.3, 0.4) is 0 Å². The number of carbonyl (C=O) groups is 2. The van der Waals surface area contributed by atoms with Gasteiger partial charge in [0.1, 0.15) is 10.3 Å². The summed E-state index contributed by atoms with van der Waals surface area (Å²) in [6, 6.07) is 16.7. The summed E-state index contributed by atoms with van der Waals surface area (Å²) in [5.74, 6) is -0.193. The molecule has 0 saturated heterocycles. The van der Waals surface area contributed by atoms with Gasteiger partial charge in [-0.15, -0.1) is 11.3 Å². The van der Waals surface area contributed by atoms with Crippen molar-refractivity contribution in [2.75, 3.05) is 20.2 Å². The molecule has 8 heteroatoms. The molecule has 0 atom stereocenters. The van der Waals surface area contributed by atoms with E-state index in [4.69, 9.17) is 4.74 Å². The molecule has 2 aromatic carbocycles. The second-order valence-electron chi connectivity index (χ2n) is 8.58. The molecular formula is C27H29N3O4S. The van der Waals surface area contributed by atoms with Crippen molar-refractivity contribution in [3.63, 3.8) is 0 Å². The molecule has 4 aromatic rings. The van der Waals surface area contributed by atoms with Crippen molar-refractivity contribution in [2.24, 2.45) is 0 Å². The summed E-state index contributed by atoms with van der Waals surface area (Å²) in [5, 5.41) is 7.37. The molecule has 182 valence electrons. The van der Waals surface area contributed by atoms with Crippen molar-refractivity contribution in [1.82, 2.24) is 15.2 Å². The number of amides is 1. The van der Waals surface area contributed by atoms with E-state index >= 15 is 0 Å². The summed E-state index contributed by atoms with van der Waals surface area (Å²) in [6.07, 6.45) is 0.786. The predicted octanol–water partition coefficient (Wildman–Crippen LogP) is 4.23. The number of hydrogen-bond acceptors (Lipinski definition) is 6. The number of ether oxygens (including phenoxy) is 1. The van der Waals surface area contributed by atoms with Crippen molar-refractivity contribution < 1.29 is 14.3 Å². The number of aromatic nitrogens is 1. The van der Waals surface area contributed by atoms with Crippen LogP contribution in [0, 0.1) is 0 Å². The lowest BCUT2D eigenvalue weighted by atomic mass is 10.1. The summed E-state index contributed by atoms with van der Waals surface area (Å²) < 4.78 is 7.74. The number of para-hydroxylation sites is 1. The van der Waals surface area contributed by atoms with Gasteiger partial charge in [0, 0.05) is 23.5 Å². The fourth-order valence-corrected chi connectivity index (χ4v) is 5.28. The van der Waals surface area contributed by atoms with Crippen molar-refractivity contribution in [2.45, 2.75) is 32.9 Å². The summed E-state index contributed by atoms with van der Waals surface area (Å²) in [4.78, 5) is 40.0. The van der Waals surface area contributed by atoms with Gasteiger partial charge in [-0.1, -0.05) is 62.4 Å². The molecular weight excluding hydrogens is 462 g/mol. The Balaban J connectivity index is 1.74. The number of methoxy groups -OCH3 is 1. The molecule has 0 spiro atoms. The van der Waals surface area contributed by atoms with E-state index in [1.165, 1.54) is 23.0 Å². The zero-order valence-corrected chi connectivity index (χ0v) is 20.9. The fraction of sp³-hybridized carbons (Fsp3) is 0.296. The quantitative estimate of drug-likeness (QED) is 0.256. The number of thiophene rings is 1. The van der Waals surface area contributed by atoms with Crippen LogP contribution >= 0.6 is 11.3 Å². The number of ketones is 1. The van der Waals surface area contributed by atoms with E-state index in [1.54, 1.807) is 24.3 Å². The molecule has 0 aliphatic rings. The van der Waals surface area contributed by atoms with Gasteiger partial charge in [0.05, 0.1) is 23.9 Å². The number of pyridine rings is 1. The maximum absolute atomic E-state index is 13.7. The zero-order valence-electron chi connectivity index (χ0n) is 20.1. The van der Waals surface area contributed by atoms with Crippen LogP contribution in [0.1, 0.15) is 40.3 Å². The van der Waals surface area contributed by atoms with E-state index in [0.717, 1.165) is 18.4 Å². The van der Waals surface area contributed by atoms with Crippen molar-refractivity contribution in [3.8, 4) is 5.75 Å². The normalized spacial score (nSPS) is 11.3. The predicted molar refractivity (Wildman–Crippen MR) is 141 cm³/mol. The Hall–Kier alpha value is -3.49. The third-order valence-electron chi connectivity index (χ3n) is 5.76. The molecule has 7 nitrogen and oxygen atoms in total. The molecule has 0 saturated carbocycles. The number of nitrogens with zero attached hydrogens (tertiary/aromatic N) is 1. The molecule has 2 N–H and O–H groups in total. The largest absolute Gasteiger partial charge is 0.494 e. The van der Waals surface area contributed by atoms with Crippen molar-refractivity contribution in [3.05, 3.63) is 75.4 Å². The third kappa shape index (κ3) is 5.13. The second-order valence-corrected chi connectivity index (χ2v) is 9.61. The van der Waals surface area contributed by atoms with Crippen LogP contribution in [0.25, 0.3) is 21.0 Å². The first-order valence-electron chi connectivity index (χ1n) is 11.6. The molecule has 1 amide bonds. The fourth-order valence-electron chi connectivity index (χ4n) is 4.07. The first-order chi connectivity index (χ1) is 16.9. The van der Waals surface area contributed by atoms with Crippen molar-refractivity contribution in [1.29, 1.82) is 0 Å². The SMILES string of the molecule is COc1c(C(=O)NCCCNC(C)C)sc2c1c(=O)n(CC(=O)c1ccccc1)c1ccccc21. The van der Waals surface area contributed by atoms with Gasteiger partial charge in [0.2, 0.25) is 0 Å². The topological polar surface area (TPSA) is 89.4 Å². The van der Waals surface area contributed by atoms with Gasteiger partial charge in [0.25, 0.3) is 11.5 Å². The lowest BCUT2D eigenvalue weighted by Gasteiger charge is -2.11. The Morgan fingerprint density at radius 2 is 1.74 bits per heavy atom. The van der Waals surface area contributed by atoms with Gasteiger partial charge in [0.15, 0.2) is 11.5 Å². The standard InChI is InChI=1S/C27H29N3O4S/c1-17(2)28-14-9-15-29-26(32)25-23(34-3)22-24(35-25)19-12-7-8-13-20(19)30(27(22)33)16-21(31)18-10-5-4-6-11-18/h4-8,10-13,17,28H,9,14-16H2,1-3H3,(H,29,32). The van der Waals surface area contributed by atoms with Crippen LogP contribution < -0.4 is 20.9 Å². The van der Waals surface area contributed by atoms with Crippen LogP contribution in [-0.2, 0) is 6.54 Å². The number of Topliss-reactive ketones (excluding diaryl/α,β-unsaturated/α-hetero) is 1. The van der Waals surface area contributed by atoms with E-state index in [2.05, 4.69) is 24.5 Å². The molecule has 4 rings (SSSR count). The van der Waals surface area contributed by atoms with Gasteiger partial charge in [-0.2, -0.15) is 0 Å². The molecule has 0 unspecified atom stereocenters. The monoisotopic (exact) mass is 491 g/mol. The maximum Gasteiger partial charge on any atom is 0.265 e. The minimum atomic E-state index is -0.351. The third-order valence-corrected chi connectivity index (χ3v) is 6.97. The van der Waals surface area contributed by atoms with E-state index < -0.39 is 0 Å². The molecule has 2 aromatic heterocycles. The first kappa shape index (κ1) is 24.6. The lowest BCUT2D eigenvalue weighted by molar-refractivity contribution is 0.0951. The number of rotatable bonds is 10. The highest BCUT2D eigenvalue weighted by Gasteiger charge is 2.25. The smallest absolute Gasteiger partial charge is 0.265 e. The van der Waals surface area contributed by atoms with Crippen LogP contribution in [0.4, 0.5) is 0 Å². The van der Waals surface area contributed by atoms with Crippen LogP contribution in [0.15, 0.2) is 59.4 Å². The number of hydrogen-bond donors (Lipinski definition) is 2. The van der Waals surface area contributed by atoms with Crippen molar-refractivity contribution >= 4 is 44.0 Å². The minimum Gasteiger partial charge on any atom is -0.494 e. The van der Waals surface area contributed by atoms with E-state index in [9.17, 15) is 14.4 Å². The molecule has 2 heterocycles. The Bertz CT molecular complexity index is 1420. The van der Waals surface area contributed by atoms with Crippen LogP contribution in [-0.4, -0.2) is 42.5 Å². The number of carbonyl (C=O) groups excluding carboxylic acids is 2. The molecule has 0 fully saturated rings. The Labute approximate surface area is 207 Å².